The molecule has 0 aromatic heterocycles. The molecular formula is C26H22ClNO4. The van der Waals surface area contributed by atoms with Crippen LogP contribution in [0.1, 0.15) is 29.7 Å². The average Bonchev–Trinajstić information content (AvgIpc) is 3.09. The lowest BCUT2D eigenvalue weighted by molar-refractivity contribution is -0.132. The van der Waals surface area contributed by atoms with E-state index in [9.17, 15) is 14.7 Å². The fraction of sp³-hybridized carbons (Fsp3) is 0.154. The summed E-state index contributed by atoms with van der Waals surface area (Å²) in [6, 6.07) is 20.6. The van der Waals surface area contributed by atoms with Crippen LogP contribution in [0, 0.1) is 0 Å². The fourth-order valence-electron chi connectivity index (χ4n) is 3.95. The van der Waals surface area contributed by atoms with Crippen molar-refractivity contribution in [2.45, 2.75) is 19.4 Å². The molecule has 1 aliphatic rings. The van der Waals surface area contributed by atoms with Gasteiger partial charge in [0.05, 0.1) is 24.3 Å². The molecule has 1 heterocycles. The third-order valence-corrected chi connectivity index (χ3v) is 5.83. The van der Waals surface area contributed by atoms with Crippen LogP contribution in [0.15, 0.2) is 78.4 Å². The molecule has 6 heteroatoms. The lowest BCUT2D eigenvalue weighted by Gasteiger charge is -2.25. The average molecular weight is 448 g/mol. The summed E-state index contributed by atoms with van der Waals surface area (Å²) in [5, 5.41) is 11.7. The molecule has 3 aromatic carbocycles. The maximum absolute atomic E-state index is 13.2. The zero-order valence-electron chi connectivity index (χ0n) is 17.7. The minimum atomic E-state index is -0.799. The standard InChI is InChI=1S/C26H22ClNO4/c1-3-16-9-11-17(12-10-16)23-22(24(29)20-15-18(27)13-14-21(20)32-2)25(30)26(31)28(23)19-7-5-4-6-8-19/h4-15,23,29H,3H2,1-2H3/b24-22+. The number of carbonyl (C=O) groups excluding carboxylic acids is 2. The number of aryl methyl sites for hydroxylation is 1. The van der Waals surface area contributed by atoms with Crippen LogP contribution in [0.25, 0.3) is 5.76 Å². The normalized spacial score (nSPS) is 17.6. The Morgan fingerprint density at radius 1 is 1.03 bits per heavy atom. The number of anilines is 1. The zero-order valence-corrected chi connectivity index (χ0v) is 18.5. The van der Waals surface area contributed by atoms with Crippen LogP contribution in [0.2, 0.25) is 5.02 Å². The third kappa shape index (κ3) is 3.76. The number of Topliss-reactive ketones (excluding diaryl/α,β-unsaturated/α-hetero) is 1. The first-order chi connectivity index (χ1) is 15.5. The van der Waals surface area contributed by atoms with Gasteiger partial charge >= 0.3 is 0 Å². The SMILES string of the molecule is CCc1ccc(C2/C(=C(\O)c3cc(Cl)ccc3OC)C(=O)C(=O)N2c2ccccc2)cc1. The second-order valence-electron chi connectivity index (χ2n) is 7.44. The fourth-order valence-corrected chi connectivity index (χ4v) is 4.12. The maximum atomic E-state index is 13.2. The zero-order chi connectivity index (χ0) is 22.8. The number of ether oxygens (including phenoxy) is 1. The highest BCUT2D eigenvalue weighted by atomic mass is 35.5. The van der Waals surface area contributed by atoms with E-state index in [0.29, 0.717) is 22.0 Å². The Balaban J connectivity index is 1.97. The summed E-state index contributed by atoms with van der Waals surface area (Å²) in [6.45, 7) is 2.05. The molecule has 1 amide bonds. The van der Waals surface area contributed by atoms with Gasteiger partial charge in [-0.2, -0.15) is 0 Å². The lowest BCUT2D eigenvalue weighted by Crippen LogP contribution is -2.29. The number of ketones is 1. The summed E-state index contributed by atoms with van der Waals surface area (Å²) >= 11 is 6.15. The predicted octanol–water partition coefficient (Wildman–Crippen LogP) is 5.54. The van der Waals surface area contributed by atoms with E-state index in [0.717, 1.165) is 12.0 Å². The molecule has 162 valence electrons. The van der Waals surface area contributed by atoms with Gasteiger partial charge < -0.3 is 9.84 Å². The van der Waals surface area contributed by atoms with Crippen molar-refractivity contribution in [2.24, 2.45) is 0 Å². The number of benzene rings is 3. The summed E-state index contributed by atoms with van der Waals surface area (Å²) in [4.78, 5) is 27.8. The number of methoxy groups -OCH3 is 1. The van der Waals surface area contributed by atoms with E-state index in [2.05, 4.69) is 6.92 Å². The van der Waals surface area contributed by atoms with Crippen molar-refractivity contribution in [3.63, 3.8) is 0 Å². The van der Waals surface area contributed by atoms with E-state index in [1.807, 2.05) is 30.3 Å². The molecule has 0 spiro atoms. The number of aliphatic hydroxyl groups is 1. The minimum absolute atomic E-state index is 0.0105. The van der Waals surface area contributed by atoms with Gasteiger partial charge in [-0.05, 0) is 47.9 Å². The van der Waals surface area contributed by atoms with Crippen molar-refractivity contribution in [2.75, 3.05) is 12.0 Å². The van der Waals surface area contributed by atoms with E-state index >= 15 is 0 Å². The summed E-state index contributed by atoms with van der Waals surface area (Å²) < 4.78 is 5.36. The van der Waals surface area contributed by atoms with Crippen LogP contribution in [0.5, 0.6) is 5.75 Å². The van der Waals surface area contributed by atoms with Gasteiger partial charge in [-0.3, -0.25) is 14.5 Å². The van der Waals surface area contributed by atoms with Crippen LogP contribution in [-0.4, -0.2) is 23.9 Å². The molecule has 4 rings (SSSR count). The quantitative estimate of drug-likeness (QED) is 0.317. The van der Waals surface area contributed by atoms with Gasteiger partial charge in [-0.1, -0.05) is 61.0 Å². The molecule has 1 N–H and O–H groups in total. The Morgan fingerprint density at radius 2 is 1.72 bits per heavy atom. The van der Waals surface area contributed by atoms with E-state index in [4.69, 9.17) is 16.3 Å². The van der Waals surface area contributed by atoms with Crippen molar-refractivity contribution in [3.8, 4) is 5.75 Å². The number of aliphatic hydroxyl groups excluding tert-OH is 1. The Labute approximate surface area is 191 Å². The monoisotopic (exact) mass is 447 g/mol. The van der Waals surface area contributed by atoms with Gasteiger partial charge in [0.15, 0.2) is 0 Å². The highest BCUT2D eigenvalue weighted by molar-refractivity contribution is 6.51. The molecule has 1 fully saturated rings. The van der Waals surface area contributed by atoms with E-state index in [1.165, 1.54) is 18.1 Å². The maximum Gasteiger partial charge on any atom is 0.300 e. The molecule has 0 bridgehead atoms. The molecule has 1 unspecified atom stereocenters. The molecule has 32 heavy (non-hydrogen) atoms. The third-order valence-electron chi connectivity index (χ3n) is 5.60. The van der Waals surface area contributed by atoms with Crippen molar-refractivity contribution in [1.29, 1.82) is 0 Å². The highest BCUT2D eigenvalue weighted by Gasteiger charge is 2.47. The summed E-state index contributed by atoms with van der Waals surface area (Å²) in [6.07, 6.45) is 0.860. The molecular weight excluding hydrogens is 426 g/mol. The summed E-state index contributed by atoms with van der Waals surface area (Å²) in [5.74, 6) is -1.45. The number of carbonyl (C=O) groups is 2. The number of nitrogens with zero attached hydrogens (tertiary/aromatic N) is 1. The first-order valence-corrected chi connectivity index (χ1v) is 10.6. The summed E-state index contributed by atoms with van der Waals surface area (Å²) in [5.41, 5.74) is 2.65. The molecule has 3 aromatic rings. The van der Waals surface area contributed by atoms with Gasteiger partial charge in [0.1, 0.15) is 11.5 Å². The molecule has 1 saturated heterocycles. The van der Waals surface area contributed by atoms with Gasteiger partial charge in [0.2, 0.25) is 0 Å². The van der Waals surface area contributed by atoms with Gasteiger partial charge in [0, 0.05) is 10.7 Å². The predicted molar refractivity (Wildman–Crippen MR) is 125 cm³/mol. The van der Waals surface area contributed by atoms with Crippen molar-refractivity contribution in [1.82, 2.24) is 0 Å². The number of rotatable bonds is 5. The lowest BCUT2D eigenvalue weighted by atomic mass is 9.94. The minimum Gasteiger partial charge on any atom is -0.507 e. The molecule has 5 nitrogen and oxygen atoms in total. The molecule has 0 aliphatic carbocycles. The van der Waals surface area contributed by atoms with E-state index < -0.39 is 17.7 Å². The molecule has 1 aliphatic heterocycles. The second-order valence-corrected chi connectivity index (χ2v) is 7.88. The Bertz CT molecular complexity index is 1200. The number of amides is 1. The van der Waals surface area contributed by atoms with Gasteiger partial charge in [-0.15, -0.1) is 0 Å². The second kappa shape index (κ2) is 8.89. The topological polar surface area (TPSA) is 66.8 Å². The highest BCUT2D eigenvalue weighted by Crippen LogP contribution is 2.43. The van der Waals surface area contributed by atoms with Crippen LogP contribution < -0.4 is 9.64 Å². The van der Waals surface area contributed by atoms with Crippen LogP contribution in [0.4, 0.5) is 5.69 Å². The Morgan fingerprint density at radius 3 is 2.34 bits per heavy atom. The number of para-hydroxylation sites is 1. The van der Waals surface area contributed by atoms with Gasteiger partial charge in [0.25, 0.3) is 11.7 Å². The largest absolute Gasteiger partial charge is 0.507 e. The van der Waals surface area contributed by atoms with Crippen LogP contribution >= 0.6 is 11.6 Å². The Hall–Kier alpha value is -3.57. The van der Waals surface area contributed by atoms with Crippen molar-refractivity contribution in [3.05, 3.63) is 100 Å². The molecule has 0 radical (unpaired) electrons. The first kappa shape index (κ1) is 21.7. The number of hydrogen-bond donors (Lipinski definition) is 1. The Kier molecular flexibility index (Phi) is 6.01. The van der Waals surface area contributed by atoms with E-state index in [1.54, 1.807) is 36.4 Å². The van der Waals surface area contributed by atoms with Gasteiger partial charge in [-0.25, -0.2) is 0 Å². The van der Waals surface area contributed by atoms with E-state index in [-0.39, 0.29) is 16.9 Å². The number of hydrogen-bond acceptors (Lipinski definition) is 4. The number of halogens is 1. The smallest absolute Gasteiger partial charge is 0.300 e. The molecule has 1 atom stereocenters. The van der Waals surface area contributed by atoms with Crippen molar-refractivity contribution < 1.29 is 19.4 Å². The summed E-state index contributed by atoms with van der Waals surface area (Å²) in [7, 11) is 1.46. The first-order valence-electron chi connectivity index (χ1n) is 10.2. The van der Waals surface area contributed by atoms with Crippen LogP contribution in [0.3, 0.4) is 0 Å². The van der Waals surface area contributed by atoms with Crippen LogP contribution in [-0.2, 0) is 16.0 Å². The van der Waals surface area contributed by atoms with Crippen molar-refractivity contribution >= 4 is 34.7 Å². The molecule has 0 saturated carbocycles.